The summed E-state index contributed by atoms with van der Waals surface area (Å²) in [6.07, 6.45) is 1.42. The molecule has 0 bridgehead atoms. The Bertz CT molecular complexity index is 478. The molecule has 1 aromatic heterocycles. The Labute approximate surface area is 116 Å². The summed E-state index contributed by atoms with van der Waals surface area (Å²) in [6.45, 7) is 1.20. The molecule has 2 rings (SSSR count). The van der Waals surface area contributed by atoms with Crippen LogP contribution in [0.3, 0.4) is 0 Å². The Hall–Kier alpha value is -1.63. The van der Waals surface area contributed by atoms with E-state index in [1.165, 1.54) is 11.3 Å². The van der Waals surface area contributed by atoms with E-state index in [0.29, 0.717) is 36.8 Å². The Kier molecular flexibility index (Phi) is 4.04. The summed E-state index contributed by atoms with van der Waals surface area (Å²) in [5.41, 5.74) is 5.93. The minimum atomic E-state index is -0.0938. The quantitative estimate of drug-likeness (QED) is 0.864. The van der Waals surface area contributed by atoms with Crippen LogP contribution in [0.1, 0.15) is 23.3 Å². The Balaban J connectivity index is 1.93. The highest BCUT2D eigenvalue weighted by Gasteiger charge is 2.29. The lowest BCUT2D eigenvalue weighted by Gasteiger charge is -2.32. The monoisotopic (exact) mass is 282 g/mol. The van der Waals surface area contributed by atoms with E-state index in [1.807, 2.05) is 0 Å². The molecular weight excluding hydrogens is 264 g/mol. The van der Waals surface area contributed by atoms with E-state index >= 15 is 0 Å². The van der Waals surface area contributed by atoms with Gasteiger partial charge in [0.05, 0.1) is 0 Å². The van der Waals surface area contributed by atoms with Gasteiger partial charge in [-0.05, 0) is 12.8 Å². The van der Waals surface area contributed by atoms with Crippen LogP contribution in [0.25, 0.3) is 0 Å². The molecule has 0 spiro atoms. The van der Waals surface area contributed by atoms with E-state index in [9.17, 15) is 9.59 Å². The van der Waals surface area contributed by atoms with E-state index in [0.717, 1.165) is 0 Å². The fraction of sp³-hybridized carbons (Fsp3) is 0.583. The maximum atomic E-state index is 12.1. The molecule has 1 aromatic rings. The molecule has 2 N–H and O–H groups in total. The summed E-state index contributed by atoms with van der Waals surface area (Å²) in [6, 6.07) is 0. The second-order valence-corrected chi connectivity index (χ2v) is 5.76. The number of likely N-dealkylation sites (tertiary alicyclic amines) is 1. The Morgan fingerprint density at radius 3 is 2.53 bits per heavy atom. The topological polar surface area (TPSA) is 79.5 Å². The molecule has 0 atom stereocenters. The maximum Gasteiger partial charge on any atom is 0.273 e. The average Bonchev–Trinajstić information content (AvgIpc) is 2.84. The highest BCUT2D eigenvalue weighted by molar-refractivity contribution is 7.13. The number of nitrogens with two attached hydrogens (primary N) is 1. The van der Waals surface area contributed by atoms with Crippen molar-refractivity contribution < 1.29 is 9.59 Å². The number of nitrogen functional groups attached to an aromatic ring is 1. The van der Waals surface area contributed by atoms with Gasteiger partial charge in [0, 0.05) is 38.5 Å². The number of carbonyl (C=O) groups excluding carboxylic acids is 2. The third kappa shape index (κ3) is 3.04. The molecule has 1 fully saturated rings. The standard InChI is InChI=1S/C12H18N4O2S/c1-15(2)10(17)8-3-5-16(6-4-8)11(18)9-7-19-12(13)14-9/h7-8H,3-6H2,1-2H3,(H2,13,14). The van der Waals surface area contributed by atoms with E-state index < -0.39 is 0 Å². The number of piperidine rings is 1. The highest BCUT2D eigenvalue weighted by atomic mass is 32.1. The first-order valence-corrected chi connectivity index (χ1v) is 7.08. The molecular formula is C12H18N4O2S. The summed E-state index contributed by atoms with van der Waals surface area (Å²) in [7, 11) is 3.52. The number of hydrogen-bond donors (Lipinski definition) is 1. The van der Waals surface area contributed by atoms with Crippen molar-refractivity contribution in [3.05, 3.63) is 11.1 Å². The van der Waals surface area contributed by atoms with Gasteiger partial charge in [0.1, 0.15) is 5.69 Å². The number of aromatic nitrogens is 1. The molecule has 7 heteroatoms. The molecule has 2 heterocycles. The third-order valence-corrected chi connectivity index (χ3v) is 3.99. The zero-order valence-corrected chi connectivity index (χ0v) is 11.9. The van der Waals surface area contributed by atoms with Crippen LogP contribution in [0.5, 0.6) is 0 Å². The van der Waals surface area contributed by atoms with E-state index in [1.54, 1.807) is 29.3 Å². The number of nitrogens with zero attached hydrogens (tertiary/aromatic N) is 3. The predicted octanol–water partition coefficient (Wildman–Crippen LogP) is 0.666. The van der Waals surface area contributed by atoms with Crippen LogP contribution < -0.4 is 5.73 Å². The number of amides is 2. The summed E-state index contributed by atoms with van der Waals surface area (Å²) >= 11 is 1.26. The van der Waals surface area contributed by atoms with E-state index in [4.69, 9.17) is 5.73 Å². The maximum absolute atomic E-state index is 12.1. The minimum Gasteiger partial charge on any atom is -0.375 e. The molecule has 1 aliphatic heterocycles. The van der Waals surface area contributed by atoms with Gasteiger partial charge < -0.3 is 15.5 Å². The summed E-state index contributed by atoms with van der Waals surface area (Å²) in [4.78, 5) is 31.3. The summed E-state index contributed by atoms with van der Waals surface area (Å²) in [5, 5.41) is 2.08. The van der Waals surface area contributed by atoms with Crippen molar-refractivity contribution in [3.63, 3.8) is 0 Å². The summed E-state index contributed by atoms with van der Waals surface area (Å²) < 4.78 is 0. The van der Waals surface area contributed by atoms with Crippen molar-refractivity contribution >= 4 is 28.3 Å². The van der Waals surface area contributed by atoms with Gasteiger partial charge in [0.15, 0.2) is 5.13 Å². The zero-order chi connectivity index (χ0) is 14.0. The van der Waals surface area contributed by atoms with Crippen LogP contribution in [-0.2, 0) is 4.79 Å². The normalized spacial score (nSPS) is 16.4. The third-order valence-electron chi connectivity index (χ3n) is 3.31. The van der Waals surface area contributed by atoms with Crippen LogP contribution in [0.2, 0.25) is 0 Å². The van der Waals surface area contributed by atoms with Gasteiger partial charge in [0.2, 0.25) is 5.91 Å². The fourth-order valence-corrected chi connectivity index (χ4v) is 2.78. The molecule has 0 aliphatic carbocycles. The lowest BCUT2D eigenvalue weighted by Crippen LogP contribution is -2.42. The van der Waals surface area contributed by atoms with Gasteiger partial charge in [-0.25, -0.2) is 4.98 Å². The summed E-state index contributed by atoms with van der Waals surface area (Å²) in [5.74, 6) is 0.0771. The van der Waals surface area contributed by atoms with Crippen molar-refractivity contribution in [2.75, 3.05) is 32.9 Å². The Morgan fingerprint density at radius 2 is 2.05 bits per heavy atom. The lowest BCUT2D eigenvalue weighted by atomic mass is 9.95. The van der Waals surface area contributed by atoms with Crippen molar-refractivity contribution in [1.82, 2.24) is 14.8 Å². The lowest BCUT2D eigenvalue weighted by molar-refractivity contribution is -0.134. The number of hydrogen-bond acceptors (Lipinski definition) is 5. The van der Waals surface area contributed by atoms with Crippen LogP contribution in [0, 0.1) is 5.92 Å². The largest absolute Gasteiger partial charge is 0.375 e. The Morgan fingerprint density at radius 1 is 1.42 bits per heavy atom. The number of carbonyl (C=O) groups is 2. The van der Waals surface area contributed by atoms with Crippen LogP contribution in [-0.4, -0.2) is 53.8 Å². The van der Waals surface area contributed by atoms with E-state index in [-0.39, 0.29) is 17.7 Å². The van der Waals surface area contributed by atoms with Gasteiger partial charge in [-0.15, -0.1) is 11.3 Å². The first-order chi connectivity index (χ1) is 8.99. The SMILES string of the molecule is CN(C)C(=O)C1CCN(C(=O)c2csc(N)n2)CC1. The van der Waals surface area contributed by atoms with Gasteiger partial charge in [-0.3, -0.25) is 9.59 Å². The van der Waals surface area contributed by atoms with Gasteiger partial charge in [0.25, 0.3) is 5.91 Å². The number of rotatable bonds is 2. The van der Waals surface area contributed by atoms with Crippen molar-refractivity contribution in [2.45, 2.75) is 12.8 Å². The zero-order valence-electron chi connectivity index (χ0n) is 11.1. The predicted molar refractivity (Wildman–Crippen MR) is 73.8 cm³/mol. The van der Waals surface area contributed by atoms with Gasteiger partial charge in [-0.1, -0.05) is 0 Å². The second kappa shape index (κ2) is 5.56. The number of anilines is 1. The van der Waals surface area contributed by atoms with Crippen molar-refractivity contribution in [3.8, 4) is 0 Å². The van der Waals surface area contributed by atoms with Gasteiger partial charge >= 0.3 is 0 Å². The molecule has 1 saturated heterocycles. The van der Waals surface area contributed by atoms with Gasteiger partial charge in [-0.2, -0.15) is 0 Å². The number of thiazole rings is 1. The second-order valence-electron chi connectivity index (χ2n) is 4.87. The average molecular weight is 282 g/mol. The molecule has 0 aromatic carbocycles. The molecule has 6 nitrogen and oxygen atoms in total. The van der Waals surface area contributed by atoms with Crippen molar-refractivity contribution in [1.29, 1.82) is 0 Å². The highest BCUT2D eigenvalue weighted by Crippen LogP contribution is 2.21. The van der Waals surface area contributed by atoms with Crippen LogP contribution in [0.4, 0.5) is 5.13 Å². The smallest absolute Gasteiger partial charge is 0.273 e. The molecule has 19 heavy (non-hydrogen) atoms. The first kappa shape index (κ1) is 13.8. The van der Waals surface area contributed by atoms with Crippen LogP contribution in [0.15, 0.2) is 5.38 Å². The minimum absolute atomic E-state index is 0.0274. The molecule has 1 aliphatic rings. The van der Waals surface area contributed by atoms with Crippen molar-refractivity contribution in [2.24, 2.45) is 5.92 Å². The fourth-order valence-electron chi connectivity index (χ4n) is 2.24. The molecule has 0 radical (unpaired) electrons. The molecule has 0 saturated carbocycles. The first-order valence-electron chi connectivity index (χ1n) is 6.20. The molecule has 0 unspecified atom stereocenters. The molecule has 2 amide bonds. The van der Waals surface area contributed by atoms with E-state index in [2.05, 4.69) is 4.98 Å². The molecule has 104 valence electrons. The van der Waals surface area contributed by atoms with Crippen LogP contribution >= 0.6 is 11.3 Å².